The van der Waals surface area contributed by atoms with Crippen LogP contribution in [0.2, 0.25) is 10.0 Å². The van der Waals surface area contributed by atoms with Crippen molar-refractivity contribution in [3.05, 3.63) is 63.6 Å². The van der Waals surface area contributed by atoms with Crippen LogP contribution in [-0.4, -0.2) is 16.7 Å². The molecular weight excluding hydrogens is 335 g/mol. The van der Waals surface area contributed by atoms with Crippen LogP contribution in [0.15, 0.2) is 53.1 Å². The van der Waals surface area contributed by atoms with E-state index in [1.807, 2.05) is 0 Å². The van der Waals surface area contributed by atoms with Crippen molar-refractivity contribution in [2.24, 2.45) is 5.10 Å². The van der Waals surface area contributed by atoms with Crippen LogP contribution in [0, 0.1) is 0 Å². The number of benzene rings is 2. The van der Waals surface area contributed by atoms with Crippen LogP contribution in [0.5, 0.6) is 5.75 Å². The molecule has 2 aromatic rings. The summed E-state index contributed by atoms with van der Waals surface area (Å²) in [6.07, 6.45) is 1.73. The first-order valence-corrected chi connectivity index (χ1v) is 7.57. The molecule has 1 aliphatic rings. The maximum atomic E-state index is 12.6. The summed E-state index contributed by atoms with van der Waals surface area (Å²) in [5.41, 5.74) is 2.45. The Balaban J connectivity index is 1.94. The Hall–Kier alpha value is -2.30. The molecule has 0 fully saturated rings. The van der Waals surface area contributed by atoms with Crippen molar-refractivity contribution in [2.45, 2.75) is 6.92 Å². The molecule has 23 heavy (non-hydrogen) atoms. The zero-order valence-electron chi connectivity index (χ0n) is 12.1. The van der Waals surface area contributed by atoms with Gasteiger partial charge in [0.1, 0.15) is 5.75 Å². The lowest BCUT2D eigenvalue weighted by molar-refractivity contribution is -0.114. The fraction of sp³-hybridized carbons (Fsp3) is 0.0588. The van der Waals surface area contributed by atoms with Crippen molar-refractivity contribution in [3.8, 4) is 5.75 Å². The predicted molar refractivity (Wildman–Crippen MR) is 93.1 cm³/mol. The topological polar surface area (TPSA) is 52.9 Å². The molecule has 4 nitrogen and oxygen atoms in total. The highest BCUT2D eigenvalue weighted by Crippen LogP contribution is 2.30. The van der Waals surface area contributed by atoms with E-state index in [0.717, 1.165) is 5.56 Å². The molecule has 0 aliphatic carbocycles. The van der Waals surface area contributed by atoms with Gasteiger partial charge in [-0.1, -0.05) is 35.3 Å². The van der Waals surface area contributed by atoms with Crippen LogP contribution in [0.3, 0.4) is 0 Å². The molecule has 0 atom stereocenters. The monoisotopic (exact) mass is 346 g/mol. The Morgan fingerprint density at radius 2 is 1.78 bits per heavy atom. The number of hydrogen-bond acceptors (Lipinski definition) is 3. The minimum Gasteiger partial charge on any atom is -0.508 e. The van der Waals surface area contributed by atoms with Gasteiger partial charge in [-0.05, 0) is 48.9 Å². The fourth-order valence-electron chi connectivity index (χ4n) is 2.21. The number of carbonyl (C=O) groups excluding carboxylic acids is 1. The number of rotatable bonds is 2. The van der Waals surface area contributed by atoms with Crippen molar-refractivity contribution in [1.29, 1.82) is 0 Å². The summed E-state index contributed by atoms with van der Waals surface area (Å²) in [6.45, 7) is 1.77. The zero-order chi connectivity index (χ0) is 16.6. The van der Waals surface area contributed by atoms with Gasteiger partial charge in [0.05, 0.1) is 27.0 Å². The summed E-state index contributed by atoms with van der Waals surface area (Å²) >= 11 is 11.9. The average molecular weight is 347 g/mol. The molecule has 0 bridgehead atoms. The Bertz CT molecular complexity index is 842. The van der Waals surface area contributed by atoms with E-state index in [0.29, 0.717) is 27.0 Å². The number of hydrogen-bond donors (Lipinski definition) is 1. The first kappa shape index (κ1) is 15.6. The molecule has 0 unspecified atom stereocenters. The number of amides is 1. The molecule has 1 amide bonds. The Morgan fingerprint density at radius 3 is 2.43 bits per heavy atom. The maximum Gasteiger partial charge on any atom is 0.280 e. The molecule has 2 aromatic carbocycles. The van der Waals surface area contributed by atoms with Gasteiger partial charge in [0.25, 0.3) is 5.91 Å². The SMILES string of the molecule is CC1=NN(c2ccc(Cl)c(Cl)c2)C(=O)/C1=C/c1ccc(O)cc1. The number of aromatic hydroxyl groups is 1. The van der Waals surface area contributed by atoms with E-state index < -0.39 is 0 Å². The number of hydrazone groups is 1. The van der Waals surface area contributed by atoms with Gasteiger partial charge in [-0.25, -0.2) is 0 Å². The van der Waals surface area contributed by atoms with E-state index in [-0.39, 0.29) is 11.7 Å². The standard InChI is InChI=1S/C17H12Cl2N2O2/c1-10-14(8-11-2-5-13(22)6-3-11)17(23)21(20-10)12-4-7-15(18)16(19)9-12/h2-9,22H,1H3/b14-8+. The van der Waals surface area contributed by atoms with Crippen molar-refractivity contribution in [3.63, 3.8) is 0 Å². The maximum absolute atomic E-state index is 12.6. The molecule has 0 aromatic heterocycles. The predicted octanol–water partition coefficient (Wildman–Crippen LogP) is 4.51. The summed E-state index contributed by atoms with van der Waals surface area (Å²) < 4.78 is 0. The van der Waals surface area contributed by atoms with Gasteiger partial charge >= 0.3 is 0 Å². The number of phenols is 1. The third-order valence-electron chi connectivity index (χ3n) is 3.41. The van der Waals surface area contributed by atoms with Gasteiger partial charge in [0.15, 0.2) is 0 Å². The van der Waals surface area contributed by atoms with Crippen molar-refractivity contribution >= 4 is 46.6 Å². The highest BCUT2D eigenvalue weighted by molar-refractivity contribution is 6.42. The van der Waals surface area contributed by atoms with Gasteiger partial charge < -0.3 is 5.11 Å². The third-order valence-corrected chi connectivity index (χ3v) is 4.15. The van der Waals surface area contributed by atoms with Crippen LogP contribution in [0.25, 0.3) is 6.08 Å². The Morgan fingerprint density at radius 1 is 1.09 bits per heavy atom. The van der Waals surface area contributed by atoms with E-state index in [9.17, 15) is 9.90 Å². The van der Waals surface area contributed by atoms with E-state index in [4.69, 9.17) is 23.2 Å². The van der Waals surface area contributed by atoms with Gasteiger partial charge in [-0.3, -0.25) is 4.79 Å². The van der Waals surface area contributed by atoms with Gasteiger partial charge in [0.2, 0.25) is 0 Å². The lowest BCUT2D eigenvalue weighted by Crippen LogP contribution is -2.21. The molecule has 6 heteroatoms. The minimum absolute atomic E-state index is 0.174. The summed E-state index contributed by atoms with van der Waals surface area (Å²) in [7, 11) is 0. The molecular formula is C17H12Cl2N2O2. The third kappa shape index (κ3) is 3.09. The lowest BCUT2D eigenvalue weighted by atomic mass is 10.1. The van der Waals surface area contributed by atoms with E-state index in [1.165, 1.54) is 5.01 Å². The molecule has 1 aliphatic heterocycles. The van der Waals surface area contributed by atoms with Crippen molar-refractivity contribution in [2.75, 3.05) is 5.01 Å². The molecule has 0 saturated carbocycles. The molecule has 116 valence electrons. The van der Waals surface area contributed by atoms with E-state index >= 15 is 0 Å². The summed E-state index contributed by atoms with van der Waals surface area (Å²) in [6, 6.07) is 11.5. The second-order valence-electron chi connectivity index (χ2n) is 5.05. The second-order valence-corrected chi connectivity index (χ2v) is 5.86. The number of nitrogens with zero attached hydrogens (tertiary/aromatic N) is 2. The Kier molecular flexibility index (Phi) is 4.11. The van der Waals surface area contributed by atoms with Gasteiger partial charge in [-0.15, -0.1) is 0 Å². The molecule has 3 rings (SSSR count). The minimum atomic E-state index is -0.242. The number of anilines is 1. The van der Waals surface area contributed by atoms with Crippen LogP contribution in [-0.2, 0) is 4.79 Å². The number of carbonyl (C=O) groups is 1. The van der Waals surface area contributed by atoms with Crippen LogP contribution < -0.4 is 5.01 Å². The summed E-state index contributed by atoms with van der Waals surface area (Å²) in [5.74, 6) is -0.0679. The smallest absolute Gasteiger partial charge is 0.280 e. The molecule has 0 saturated heterocycles. The van der Waals surface area contributed by atoms with Gasteiger partial charge in [0, 0.05) is 0 Å². The summed E-state index contributed by atoms with van der Waals surface area (Å²) in [4.78, 5) is 12.6. The second kappa shape index (κ2) is 6.07. The highest BCUT2D eigenvalue weighted by Gasteiger charge is 2.28. The molecule has 1 heterocycles. The van der Waals surface area contributed by atoms with Crippen LogP contribution in [0.4, 0.5) is 5.69 Å². The number of phenolic OH excluding ortho intramolecular Hbond substituents is 1. The average Bonchev–Trinajstić information content (AvgIpc) is 2.80. The zero-order valence-corrected chi connectivity index (χ0v) is 13.6. The van der Waals surface area contributed by atoms with Crippen LogP contribution in [0.1, 0.15) is 12.5 Å². The van der Waals surface area contributed by atoms with Gasteiger partial charge in [-0.2, -0.15) is 10.1 Å². The van der Waals surface area contributed by atoms with Crippen molar-refractivity contribution < 1.29 is 9.90 Å². The van der Waals surface area contributed by atoms with Crippen molar-refractivity contribution in [1.82, 2.24) is 0 Å². The largest absolute Gasteiger partial charge is 0.508 e. The summed E-state index contributed by atoms with van der Waals surface area (Å²) in [5, 5.41) is 15.7. The Labute approximate surface area is 143 Å². The van der Waals surface area contributed by atoms with E-state index in [2.05, 4.69) is 5.10 Å². The number of halogens is 2. The normalized spacial score (nSPS) is 16.1. The fourth-order valence-corrected chi connectivity index (χ4v) is 2.51. The first-order valence-electron chi connectivity index (χ1n) is 6.81. The molecule has 0 radical (unpaired) electrons. The van der Waals surface area contributed by atoms with E-state index in [1.54, 1.807) is 55.5 Å². The molecule has 0 spiro atoms. The molecule has 1 N–H and O–H groups in total. The quantitative estimate of drug-likeness (QED) is 0.813. The van der Waals surface area contributed by atoms with Crippen LogP contribution >= 0.6 is 23.2 Å². The first-order chi connectivity index (χ1) is 11.0. The highest BCUT2D eigenvalue weighted by atomic mass is 35.5. The lowest BCUT2D eigenvalue weighted by Gasteiger charge is -2.12.